The summed E-state index contributed by atoms with van der Waals surface area (Å²) in [5.74, 6) is 1.53. The van der Waals surface area contributed by atoms with E-state index in [0.717, 1.165) is 40.0 Å². The standard InChI is InChI=1S/C21H19N3OS/c1-15-19(12-16-8-4-2-5-9-16)23-21(22-15)26-14-18-13-20(24-25-18)17-10-6-3-7-11-17/h2-11,13H,12,14H2,1H3,(H,22,23). The normalized spacial score (nSPS) is 11.0. The molecule has 0 atom stereocenters. The van der Waals surface area contributed by atoms with E-state index < -0.39 is 0 Å². The monoisotopic (exact) mass is 361 g/mol. The fourth-order valence-electron chi connectivity index (χ4n) is 2.76. The number of hydrogen-bond acceptors (Lipinski definition) is 4. The molecule has 0 aliphatic carbocycles. The summed E-state index contributed by atoms with van der Waals surface area (Å²) in [6.45, 7) is 2.07. The summed E-state index contributed by atoms with van der Waals surface area (Å²) >= 11 is 1.63. The molecule has 4 rings (SSSR count). The fourth-order valence-corrected chi connectivity index (χ4v) is 3.58. The van der Waals surface area contributed by atoms with Crippen LogP contribution < -0.4 is 0 Å². The maximum atomic E-state index is 5.46. The largest absolute Gasteiger partial charge is 0.360 e. The summed E-state index contributed by atoms with van der Waals surface area (Å²) in [7, 11) is 0. The molecule has 4 aromatic rings. The fraction of sp³-hybridized carbons (Fsp3) is 0.143. The molecule has 0 unspecified atom stereocenters. The van der Waals surface area contributed by atoms with Gasteiger partial charge in [-0.25, -0.2) is 4.98 Å². The lowest BCUT2D eigenvalue weighted by atomic mass is 10.1. The molecule has 0 saturated heterocycles. The summed E-state index contributed by atoms with van der Waals surface area (Å²) < 4.78 is 5.46. The van der Waals surface area contributed by atoms with Gasteiger partial charge in [0.25, 0.3) is 0 Å². The van der Waals surface area contributed by atoms with Crippen molar-refractivity contribution in [3.05, 3.63) is 89.4 Å². The number of H-pyrrole nitrogens is 1. The average molecular weight is 361 g/mol. The number of benzene rings is 2. The van der Waals surface area contributed by atoms with E-state index in [1.54, 1.807) is 11.8 Å². The molecule has 2 aromatic carbocycles. The number of rotatable bonds is 6. The zero-order valence-electron chi connectivity index (χ0n) is 14.5. The third-order valence-electron chi connectivity index (χ3n) is 4.16. The quantitative estimate of drug-likeness (QED) is 0.476. The Morgan fingerprint density at radius 1 is 1.00 bits per heavy atom. The lowest BCUT2D eigenvalue weighted by Gasteiger charge is -1.98. The third-order valence-corrected chi connectivity index (χ3v) is 5.05. The molecule has 2 aromatic heterocycles. The van der Waals surface area contributed by atoms with Gasteiger partial charge in [0.2, 0.25) is 0 Å². The summed E-state index contributed by atoms with van der Waals surface area (Å²) in [4.78, 5) is 8.09. The SMILES string of the molecule is Cc1[nH]c(SCc2cc(-c3ccccc3)no2)nc1Cc1ccccc1. The van der Waals surface area contributed by atoms with Crippen molar-refractivity contribution in [3.8, 4) is 11.3 Å². The number of aromatic nitrogens is 3. The van der Waals surface area contributed by atoms with Crippen molar-refractivity contribution in [2.45, 2.75) is 24.3 Å². The second-order valence-corrected chi connectivity index (χ2v) is 7.07. The van der Waals surface area contributed by atoms with Crippen LogP contribution in [0.4, 0.5) is 0 Å². The van der Waals surface area contributed by atoms with Crippen LogP contribution >= 0.6 is 11.8 Å². The van der Waals surface area contributed by atoms with Crippen LogP contribution in [0.5, 0.6) is 0 Å². The maximum absolute atomic E-state index is 5.46. The first-order valence-corrected chi connectivity index (χ1v) is 9.50. The molecule has 0 saturated carbocycles. The van der Waals surface area contributed by atoms with Gasteiger partial charge in [0, 0.05) is 23.7 Å². The molecule has 0 radical (unpaired) electrons. The highest BCUT2D eigenvalue weighted by molar-refractivity contribution is 7.98. The highest BCUT2D eigenvalue weighted by Gasteiger charge is 2.11. The van der Waals surface area contributed by atoms with E-state index in [2.05, 4.69) is 41.3 Å². The van der Waals surface area contributed by atoms with Gasteiger partial charge >= 0.3 is 0 Å². The molecule has 0 aliphatic rings. The molecular weight excluding hydrogens is 342 g/mol. The van der Waals surface area contributed by atoms with Crippen molar-refractivity contribution in [1.29, 1.82) is 0 Å². The van der Waals surface area contributed by atoms with Crippen molar-refractivity contribution >= 4 is 11.8 Å². The first-order chi connectivity index (χ1) is 12.8. The second-order valence-electron chi connectivity index (χ2n) is 6.11. The van der Waals surface area contributed by atoms with E-state index in [-0.39, 0.29) is 0 Å². The van der Waals surface area contributed by atoms with Gasteiger partial charge in [-0.2, -0.15) is 0 Å². The molecule has 0 aliphatic heterocycles. The minimum Gasteiger partial charge on any atom is -0.360 e. The highest BCUT2D eigenvalue weighted by Crippen LogP contribution is 2.25. The number of nitrogens with one attached hydrogen (secondary N) is 1. The molecule has 0 fully saturated rings. The number of aromatic amines is 1. The van der Waals surface area contributed by atoms with Crippen LogP contribution in [0.1, 0.15) is 22.7 Å². The number of nitrogens with zero attached hydrogens (tertiary/aromatic N) is 2. The van der Waals surface area contributed by atoms with Gasteiger partial charge in [-0.05, 0) is 12.5 Å². The topological polar surface area (TPSA) is 54.7 Å². The van der Waals surface area contributed by atoms with Crippen LogP contribution in [0.15, 0.2) is 76.4 Å². The Morgan fingerprint density at radius 3 is 2.50 bits per heavy atom. The van der Waals surface area contributed by atoms with Gasteiger partial charge in [0.15, 0.2) is 5.16 Å². The molecule has 1 N–H and O–H groups in total. The van der Waals surface area contributed by atoms with E-state index in [4.69, 9.17) is 9.51 Å². The van der Waals surface area contributed by atoms with Gasteiger partial charge < -0.3 is 9.51 Å². The van der Waals surface area contributed by atoms with E-state index in [1.165, 1.54) is 5.56 Å². The Labute approximate surface area is 156 Å². The van der Waals surface area contributed by atoms with E-state index in [9.17, 15) is 0 Å². The summed E-state index contributed by atoms with van der Waals surface area (Å²) in [5, 5.41) is 5.07. The van der Waals surface area contributed by atoms with Gasteiger partial charge in [-0.3, -0.25) is 0 Å². The van der Waals surface area contributed by atoms with Crippen molar-refractivity contribution in [1.82, 2.24) is 15.1 Å². The van der Waals surface area contributed by atoms with Crippen LogP contribution in [0.3, 0.4) is 0 Å². The molecule has 2 heterocycles. The van der Waals surface area contributed by atoms with E-state index in [1.807, 2.05) is 42.5 Å². The van der Waals surface area contributed by atoms with Gasteiger partial charge in [-0.1, -0.05) is 77.6 Å². The smallest absolute Gasteiger partial charge is 0.166 e. The second kappa shape index (κ2) is 7.62. The van der Waals surface area contributed by atoms with Crippen LogP contribution in [0, 0.1) is 6.92 Å². The summed E-state index contributed by atoms with van der Waals surface area (Å²) in [6, 6.07) is 22.4. The third kappa shape index (κ3) is 3.89. The Hall–Kier alpha value is -2.79. The highest BCUT2D eigenvalue weighted by atomic mass is 32.2. The molecule has 4 nitrogen and oxygen atoms in total. The predicted molar refractivity (Wildman–Crippen MR) is 104 cm³/mol. The average Bonchev–Trinajstić information content (AvgIpc) is 3.29. The molecule has 130 valence electrons. The minimum atomic E-state index is 0.692. The van der Waals surface area contributed by atoms with Crippen molar-refractivity contribution < 1.29 is 4.52 Å². The number of thioether (sulfide) groups is 1. The Balaban J connectivity index is 1.41. The van der Waals surface area contributed by atoms with Crippen molar-refractivity contribution in [2.75, 3.05) is 0 Å². The zero-order chi connectivity index (χ0) is 17.8. The summed E-state index contributed by atoms with van der Waals surface area (Å²) in [6.07, 6.45) is 0.837. The Kier molecular flexibility index (Phi) is 4.88. The van der Waals surface area contributed by atoms with Crippen LogP contribution in [-0.4, -0.2) is 15.1 Å². The molecule has 0 amide bonds. The van der Waals surface area contributed by atoms with Crippen molar-refractivity contribution in [2.24, 2.45) is 0 Å². The van der Waals surface area contributed by atoms with Gasteiger partial charge in [0.05, 0.1) is 11.4 Å². The van der Waals surface area contributed by atoms with Crippen LogP contribution in [0.2, 0.25) is 0 Å². The molecule has 26 heavy (non-hydrogen) atoms. The molecule has 0 spiro atoms. The molecule has 0 bridgehead atoms. The van der Waals surface area contributed by atoms with E-state index in [0.29, 0.717) is 5.75 Å². The lowest BCUT2D eigenvalue weighted by Crippen LogP contribution is -1.90. The predicted octanol–water partition coefficient (Wildman–Crippen LogP) is 5.26. The summed E-state index contributed by atoms with van der Waals surface area (Å²) in [5.41, 5.74) is 5.38. The van der Waals surface area contributed by atoms with Gasteiger partial charge in [-0.15, -0.1) is 0 Å². The lowest BCUT2D eigenvalue weighted by molar-refractivity contribution is 0.397. The Morgan fingerprint density at radius 2 is 1.73 bits per heavy atom. The van der Waals surface area contributed by atoms with Crippen molar-refractivity contribution in [3.63, 3.8) is 0 Å². The molecular formula is C21H19N3OS. The minimum absolute atomic E-state index is 0.692. The Bertz CT molecular complexity index is 977. The van der Waals surface area contributed by atoms with E-state index >= 15 is 0 Å². The molecule has 5 heteroatoms. The maximum Gasteiger partial charge on any atom is 0.166 e. The zero-order valence-corrected chi connectivity index (χ0v) is 15.3. The van der Waals surface area contributed by atoms with Crippen LogP contribution in [0.25, 0.3) is 11.3 Å². The number of aryl methyl sites for hydroxylation is 1. The number of imidazole rings is 1. The van der Waals surface area contributed by atoms with Crippen LogP contribution in [-0.2, 0) is 12.2 Å². The van der Waals surface area contributed by atoms with Gasteiger partial charge in [0.1, 0.15) is 11.5 Å². The number of hydrogen-bond donors (Lipinski definition) is 1. The first-order valence-electron chi connectivity index (χ1n) is 8.51. The first kappa shape index (κ1) is 16.7.